The van der Waals surface area contributed by atoms with Gasteiger partial charge in [0, 0.05) is 5.41 Å². The third-order valence-corrected chi connectivity index (χ3v) is 1.82. The molecule has 0 radical (unpaired) electrons. The van der Waals surface area contributed by atoms with Crippen LogP contribution < -0.4 is 0 Å². The first kappa shape index (κ1) is 16.1. The van der Waals surface area contributed by atoms with Gasteiger partial charge < -0.3 is 22.9 Å². The maximum atomic E-state index is 9.75. The summed E-state index contributed by atoms with van der Waals surface area (Å²) in [7, 11) is 0. The molecule has 3 N–H and O–H groups in total. The molecule has 0 aliphatic heterocycles. The predicted octanol–water partition coefficient (Wildman–Crippen LogP) is -1.64. The van der Waals surface area contributed by atoms with Crippen LogP contribution in [0.4, 0.5) is 0 Å². The molecule has 0 rings (SSSR count). The summed E-state index contributed by atoms with van der Waals surface area (Å²) in [6.45, 7) is -0.616. The van der Waals surface area contributed by atoms with Crippen molar-refractivity contribution in [2.45, 2.75) is 6.42 Å². The second-order valence-corrected chi connectivity index (χ2v) is 2.69. The number of hydrogen-bond donors (Lipinski definition) is 3. The van der Waals surface area contributed by atoms with E-state index in [1.165, 1.54) is 0 Å². The Labute approximate surface area is 110 Å². The van der Waals surface area contributed by atoms with E-state index in [0.717, 1.165) is 0 Å². The summed E-state index contributed by atoms with van der Waals surface area (Å²) in [6, 6.07) is 0. The van der Waals surface area contributed by atoms with E-state index in [1.54, 1.807) is 0 Å². The molecule has 0 unspecified atom stereocenters. The molecular weight excluding hydrogens is 204 g/mol. The van der Waals surface area contributed by atoms with E-state index in [4.69, 9.17) is 15.3 Å². The van der Waals surface area contributed by atoms with Crippen LogP contribution >= 0.6 is 0 Å². The molecule has 76 valence electrons. The fourth-order valence-corrected chi connectivity index (χ4v) is 0.711. The van der Waals surface area contributed by atoms with Gasteiger partial charge in [0.05, 0.1) is 26.4 Å². The number of aliphatic hydroxyl groups is 3. The summed E-state index contributed by atoms with van der Waals surface area (Å²) >= 11 is 0. The minimum atomic E-state index is -0.941. The fourth-order valence-electron chi connectivity index (χ4n) is 0.711. The first-order valence-electron chi connectivity index (χ1n) is 3.62. The standard InChI is InChI=1S/C7H14O5.Ca.2H/c8-3-7(4-9,5-10)1-2-12-6-11;;;/h6,8-10H,1-5H2;;;/q;+2;2*-1. The van der Waals surface area contributed by atoms with Crippen molar-refractivity contribution in [3.8, 4) is 0 Å². The van der Waals surface area contributed by atoms with E-state index in [0.29, 0.717) is 0 Å². The average molecular weight is 220 g/mol. The van der Waals surface area contributed by atoms with E-state index in [2.05, 4.69) is 4.74 Å². The van der Waals surface area contributed by atoms with Gasteiger partial charge in [-0.3, -0.25) is 4.79 Å². The molecule has 0 amide bonds. The Morgan fingerprint density at radius 1 is 1.23 bits per heavy atom. The number of hydrogen-bond acceptors (Lipinski definition) is 5. The monoisotopic (exact) mass is 220 g/mol. The van der Waals surface area contributed by atoms with Crippen LogP contribution in [0.5, 0.6) is 0 Å². The number of rotatable bonds is 7. The van der Waals surface area contributed by atoms with E-state index in [9.17, 15) is 4.79 Å². The van der Waals surface area contributed by atoms with Crippen molar-refractivity contribution in [3.63, 3.8) is 0 Å². The van der Waals surface area contributed by atoms with E-state index < -0.39 is 5.41 Å². The molecule has 0 heterocycles. The number of ether oxygens (including phenoxy) is 1. The van der Waals surface area contributed by atoms with Gasteiger partial charge in [-0.25, -0.2) is 0 Å². The predicted molar refractivity (Wildman–Crippen MR) is 48.3 cm³/mol. The zero-order chi connectivity index (χ0) is 9.45. The molecule has 0 bridgehead atoms. The molecule has 0 aromatic carbocycles. The summed E-state index contributed by atoms with van der Waals surface area (Å²) in [5.74, 6) is 0. The third kappa shape index (κ3) is 5.83. The third-order valence-electron chi connectivity index (χ3n) is 1.82. The van der Waals surface area contributed by atoms with Gasteiger partial charge in [0.2, 0.25) is 0 Å². The second-order valence-electron chi connectivity index (χ2n) is 2.69. The van der Waals surface area contributed by atoms with Crippen molar-refractivity contribution in [3.05, 3.63) is 0 Å². The Bertz CT molecular complexity index is 126. The molecule has 0 aromatic heterocycles. The van der Waals surface area contributed by atoms with Gasteiger partial charge in [0.15, 0.2) is 0 Å². The molecule has 0 aliphatic carbocycles. The van der Waals surface area contributed by atoms with Crippen molar-refractivity contribution in [1.82, 2.24) is 0 Å². The first-order valence-corrected chi connectivity index (χ1v) is 3.62. The minimum absolute atomic E-state index is 0. The zero-order valence-electron chi connectivity index (χ0n) is 9.48. The Morgan fingerprint density at radius 3 is 2.00 bits per heavy atom. The topological polar surface area (TPSA) is 87.0 Å². The molecular formula is C7H16CaO5. The normalized spacial score (nSPS) is 10.4. The van der Waals surface area contributed by atoms with Gasteiger partial charge in [-0.2, -0.15) is 0 Å². The molecule has 0 fully saturated rings. The van der Waals surface area contributed by atoms with E-state index >= 15 is 0 Å². The molecule has 0 saturated carbocycles. The summed E-state index contributed by atoms with van der Waals surface area (Å²) < 4.78 is 4.38. The molecule has 0 aliphatic rings. The summed E-state index contributed by atoms with van der Waals surface area (Å²) in [5.41, 5.74) is -0.941. The summed E-state index contributed by atoms with van der Waals surface area (Å²) in [6.07, 6.45) is 0.245. The zero-order valence-corrected chi connectivity index (χ0v) is 9.69. The van der Waals surface area contributed by atoms with Crippen molar-refractivity contribution in [2.75, 3.05) is 26.4 Å². The average Bonchev–Trinajstić information content (AvgIpc) is 2.14. The molecule has 0 aromatic rings. The van der Waals surface area contributed by atoms with Crippen LogP contribution in [-0.4, -0.2) is 86.0 Å². The van der Waals surface area contributed by atoms with Gasteiger partial charge in [-0.15, -0.1) is 0 Å². The van der Waals surface area contributed by atoms with Crippen LogP contribution in [0, 0.1) is 5.41 Å². The first-order chi connectivity index (χ1) is 5.74. The Morgan fingerprint density at radius 2 is 1.69 bits per heavy atom. The van der Waals surface area contributed by atoms with Gasteiger partial charge in [0.1, 0.15) is 0 Å². The Balaban J connectivity index is -0.000000202. The van der Waals surface area contributed by atoms with Crippen LogP contribution in [0.15, 0.2) is 0 Å². The van der Waals surface area contributed by atoms with Crippen LogP contribution in [0.1, 0.15) is 9.27 Å². The van der Waals surface area contributed by atoms with Crippen molar-refractivity contribution in [1.29, 1.82) is 0 Å². The van der Waals surface area contributed by atoms with Crippen LogP contribution in [0.25, 0.3) is 0 Å². The maximum absolute atomic E-state index is 9.75. The SMILES string of the molecule is O=COCCC(CO)(CO)CO.[Ca+2].[H-].[H-]. The summed E-state index contributed by atoms with van der Waals surface area (Å²) in [4.78, 5) is 9.75. The number of carbonyl (C=O) groups is 1. The van der Waals surface area contributed by atoms with Crippen LogP contribution in [0.2, 0.25) is 0 Å². The molecule has 6 heteroatoms. The molecule has 0 saturated heterocycles. The van der Waals surface area contributed by atoms with Crippen molar-refractivity contribution >= 4 is 44.2 Å². The van der Waals surface area contributed by atoms with Crippen LogP contribution in [-0.2, 0) is 9.53 Å². The summed E-state index contributed by atoms with van der Waals surface area (Å²) in [5, 5.41) is 26.4. The quantitative estimate of drug-likeness (QED) is 0.272. The van der Waals surface area contributed by atoms with E-state index in [1.807, 2.05) is 0 Å². The van der Waals surface area contributed by atoms with E-state index in [-0.39, 0.29) is 79.9 Å². The number of carbonyl (C=O) groups excluding carboxylic acids is 1. The molecule has 13 heavy (non-hydrogen) atoms. The smallest absolute Gasteiger partial charge is 1.00 e. The molecule has 0 atom stereocenters. The molecule has 5 nitrogen and oxygen atoms in total. The largest absolute Gasteiger partial charge is 2.00 e. The maximum Gasteiger partial charge on any atom is 2.00 e. The second kappa shape index (κ2) is 9.18. The van der Waals surface area contributed by atoms with Crippen LogP contribution in [0.3, 0.4) is 0 Å². The van der Waals surface area contributed by atoms with Gasteiger partial charge in [-0.05, 0) is 6.42 Å². The van der Waals surface area contributed by atoms with Crippen molar-refractivity contribution in [2.24, 2.45) is 5.41 Å². The van der Waals surface area contributed by atoms with Gasteiger partial charge in [0.25, 0.3) is 6.47 Å². The fraction of sp³-hybridized carbons (Fsp3) is 0.857. The Hall–Kier alpha value is 0.610. The van der Waals surface area contributed by atoms with Gasteiger partial charge >= 0.3 is 37.7 Å². The van der Waals surface area contributed by atoms with Gasteiger partial charge in [-0.1, -0.05) is 0 Å². The number of aliphatic hydroxyl groups excluding tert-OH is 3. The Kier molecular flexibility index (Phi) is 11.3. The molecule has 0 spiro atoms. The minimum Gasteiger partial charge on any atom is -1.00 e. The van der Waals surface area contributed by atoms with Crippen molar-refractivity contribution < 1.29 is 27.7 Å².